The predicted molar refractivity (Wildman–Crippen MR) is 94.0 cm³/mol. The predicted octanol–water partition coefficient (Wildman–Crippen LogP) is 3.32. The first-order chi connectivity index (χ1) is 12.4. The van der Waals surface area contributed by atoms with Crippen LogP contribution in [0.2, 0.25) is 0 Å². The lowest BCUT2D eigenvalue weighted by molar-refractivity contribution is 0.0311. The Labute approximate surface area is 146 Å². The summed E-state index contributed by atoms with van der Waals surface area (Å²) in [4.78, 5) is 10.8. The SMILES string of the molecule is c1ccc(-c2nc(N3CCCC(OCc4cccnc4)C3)no2)cc1. The van der Waals surface area contributed by atoms with Gasteiger partial charge in [0.1, 0.15) is 0 Å². The first-order valence-corrected chi connectivity index (χ1v) is 8.53. The molecule has 0 radical (unpaired) electrons. The Kier molecular flexibility index (Phi) is 4.70. The zero-order valence-corrected chi connectivity index (χ0v) is 13.9. The molecule has 4 rings (SSSR count). The van der Waals surface area contributed by atoms with E-state index in [9.17, 15) is 0 Å². The van der Waals surface area contributed by atoms with Crippen molar-refractivity contribution >= 4 is 5.95 Å². The van der Waals surface area contributed by atoms with Gasteiger partial charge in [0.2, 0.25) is 0 Å². The van der Waals surface area contributed by atoms with Crippen molar-refractivity contribution in [2.75, 3.05) is 18.0 Å². The van der Waals surface area contributed by atoms with Crippen molar-refractivity contribution in [3.8, 4) is 11.5 Å². The summed E-state index contributed by atoms with van der Waals surface area (Å²) < 4.78 is 11.5. The summed E-state index contributed by atoms with van der Waals surface area (Å²) in [5.74, 6) is 1.18. The molecule has 1 unspecified atom stereocenters. The lowest BCUT2D eigenvalue weighted by Gasteiger charge is -2.31. The average Bonchev–Trinajstić information content (AvgIpc) is 3.18. The van der Waals surface area contributed by atoms with E-state index in [1.165, 1.54) is 0 Å². The van der Waals surface area contributed by atoms with Crippen LogP contribution in [-0.4, -0.2) is 34.3 Å². The molecule has 0 saturated carbocycles. The summed E-state index contributed by atoms with van der Waals surface area (Å²) in [5.41, 5.74) is 2.02. The van der Waals surface area contributed by atoms with E-state index in [-0.39, 0.29) is 6.10 Å². The second-order valence-corrected chi connectivity index (χ2v) is 6.15. The number of hydrogen-bond donors (Lipinski definition) is 0. The van der Waals surface area contributed by atoms with Gasteiger partial charge in [0.05, 0.1) is 12.7 Å². The summed E-state index contributed by atoms with van der Waals surface area (Å²) in [6, 6.07) is 13.8. The Morgan fingerprint density at radius 1 is 1.16 bits per heavy atom. The Hall–Kier alpha value is -2.73. The third-order valence-corrected chi connectivity index (χ3v) is 4.31. The highest BCUT2D eigenvalue weighted by atomic mass is 16.5. The largest absolute Gasteiger partial charge is 0.372 e. The Morgan fingerprint density at radius 3 is 2.92 bits per heavy atom. The third kappa shape index (κ3) is 3.85. The summed E-state index contributed by atoms with van der Waals surface area (Å²) in [5, 5.41) is 4.14. The van der Waals surface area contributed by atoms with Crippen molar-refractivity contribution in [1.29, 1.82) is 0 Å². The monoisotopic (exact) mass is 336 g/mol. The number of piperidine rings is 1. The lowest BCUT2D eigenvalue weighted by Crippen LogP contribution is -2.40. The van der Waals surface area contributed by atoms with E-state index in [1.807, 2.05) is 48.7 Å². The van der Waals surface area contributed by atoms with Gasteiger partial charge in [-0.2, -0.15) is 4.98 Å². The number of anilines is 1. The zero-order valence-electron chi connectivity index (χ0n) is 13.9. The van der Waals surface area contributed by atoms with Gasteiger partial charge in [0.25, 0.3) is 11.8 Å². The molecule has 6 nitrogen and oxygen atoms in total. The highest BCUT2D eigenvalue weighted by Crippen LogP contribution is 2.23. The first-order valence-electron chi connectivity index (χ1n) is 8.53. The van der Waals surface area contributed by atoms with Gasteiger partial charge in [-0.25, -0.2) is 0 Å². The van der Waals surface area contributed by atoms with Crippen molar-refractivity contribution < 1.29 is 9.26 Å². The summed E-state index contributed by atoms with van der Waals surface area (Å²) in [7, 11) is 0. The number of hydrogen-bond acceptors (Lipinski definition) is 6. The maximum absolute atomic E-state index is 6.04. The maximum atomic E-state index is 6.04. The molecule has 1 atom stereocenters. The van der Waals surface area contributed by atoms with Crippen LogP contribution in [0.4, 0.5) is 5.95 Å². The molecule has 0 amide bonds. The summed E-state index contributed by atoms with van der Waals surface area (Å²) >= 11 is 0. The van der Waals surface area contributed by atoms with Crippen LogP contribution < -0.4 is 4.90 Å². The molecule has 128 valence electrons. The van der Waals surface area contributed by atoms with E-state index in [2.05, 4.69) is 20.0 Å². The molecular weight excluding hydrogens is 316 g/mol. The minimum atomic E-state index is 0.160. The van der Waals surface area contributed by atoms with Gasteiger partial charge in [-0.3, -0.25) is 4.98 Å². The van der Waals surface area contributed by atoms with E-state index in [4.69, 9.17) is 9.26 Å². The van der Waals surface area contributed by atoms with Gasteiger partial charge in [0, 0.05) is 31.0 Å². The number of benzene rings is 1. The van der Waals surface area contributed by atoms with Crippen molar-refractivity contribution in [1.82, 2.24) is 15.1 Å². The van der Waals surface area contributed by atoms with Crippen LogP contribution in [0.3, 0.4) is 0 Å². The van der Waals surface area contributed by atoms with Crippen molar-refractivity contribution in [2.45, 2.75) is 25.6 Å². The van der Waals surface area contributed by atoms with Gasteiger partial charge < -0.3 is 14.2 Å². The Bertz CT molecular complexity index is 791. The van der Waals surface area contributed by atoms with Crippen LogP contribution in [-0.2, 0) is 11.3 Å². The van der Waals surface area contributed by atoms with Crippen molar-refractivity contribution in [3.63, 3.8) is 0 Å². The van der Waals surface area contributed by atoms with Crippen LogP contribution in [0.15, 0.2) is 59.4 Å². The molecule has 0 spiro atoms. The molecule has 25 heavy (non-hydrogen) atoms. The number of rotatable bonds is 5. The number of ether oxygens (including phenoxy) is 1. The molecular formula is C19H20N4O2. The minimum absolute atomic E-state index is 0.160. The van der Waals surface area contributed by atoms with Crippen molar-refractivity contribution in [3.05, 3.63) is 60.4 Å². The molecule has 2 aromatic heterocycles. The highest BCUT2D eigenvalue weighted by Gasteiger charge is 2.24. The van der Waals surface area contributed by atoms with Gasteiger partial charge >= 0.3 is 0 Å². The summed E-state index contributed by atoms with van der Waals surface area (Å²) in [6.45, 7) is 2.27. The summed E-state index contributed by atoms with van der Waals surface area (Å²) in [6.07, 6.45) is 5.86. The standard InChI is InChI=1S/C19H20N4O2/c1-2-7-16(8-3-1)18-21-19(22-25-18)23-11-5-9-17(13-23)24-14-15-6-4-10-20-12-15/h1-4,6-8,10,12,17H,5,9,11,13-14H2. The fraction of sp³-hybridized carbons (Fsp3) is 0.316. The van der Waals surface area contributed by atoms with Crippen LogP contribution in [0.1, 0.15) is 18.4 Å². The Balaban J connectivity index is 1.39. The maximum Gasteiger partial charge on any atom is 0.266 e. The molecule has 6 heteroatoms. The molecule has 1 aliphatic rings. The van der Waals surface area contributed by atoms with Crippen molar-refractivity contribution in [2.24, 2.45) is 0 Å². The molecule has 1 aliphatic heterocycles. The molecule has 1 fully saturated rings. The first kappa shape index (κ1) is 15.8. The van der Waals surface area contributed by atoms with Gasteiger partial charge in [-0.05, 0) is 41.8 Å². The molecule has 0 aliphatic carbocycles. The third-order valence-electron chi connectivity index (χ3n) is 4.31. The lowest BCUT2D eigenvalue weighted by atomic mass is 10.1. The van der Waals surface area contributed by atoms with Gasteiger partial charge in [0.15, 0.2) is 0 Å². The minimum Gasteiger partial charge on any atom is -0.372 e. The fourth-order valence-corrected chi connectivity index (χ4v) is 3.00. The molecule has 3 heterocycles. The van der Waals surface area contributed by atoms with E-state index in [0.717, 1.165) is 37.1 Å². The van der Waals surface area contributed by atoms with Crippen LogP contribution >= 0.6 is 0 Å². The molecule has 0 N–H and O–H groups in total. The second kappa shape index (κ2) is 7.44. The van der Waals surface area contributed by atoms with E-state index < -0.39 is 0 Å². The zero-order chi connectivity index (χ0) is 16.9. The highest BCUT2D eigenvalue weighted by molar-refractivity contribution is 5.54. The second-order valence-electron chi connectivity index (χ2n) is 6.15. The number of nitrogens with zero attached hydrogens (tertiary/aromatic N) is 4. The van der Waals surface area contributed by atoms with E-state index >= 15 is 0 Å². The topological polar surface area (TPSA) is 64.3 Å². The molecule has 1 saturated heterocycles. The molecule has 3 aromatic rings. The van der Waals surface area contributed by atoms with Crippen LogP contribution in [0, 0.1) is 0 Å². The number of pyridine rings is 1. The average molecular weight is 336 g/mol. The van der Waals surface area contributed by atoms with E-state index in [0.29, 0.717) is 18.4 Å². The Morgan fingerprint density at radius 2 is 2.08 bits per heavy atom. The molecule has 1 aromatic carbocycles. The molecule has 0 bridgehead atoms. The van der Waals surface area contributed by atoms with E-state index in [1.54, 1.807) is 6.20 Å². The van der Waals surface area contributed by atoms with Crippen LogP contribution in [0.5, 0.6) is 0 Å². The smallest absolute Gasteiger partial charge is 0.266 e. The number of aromatic nitrogens is 3. The van der Waals surface area contributed by atoms with Gasteiger partial charge in [-0.15, -0.1) is 0 Å². The van der Waals surface area contributed by atoms with Crippen LogP contribution in [0.25, 0.3) is 11.5 Å². The quantitative estimate of drug-likeness (QED) is 0.712. The van der Waals surface area contributed by atoms with Gasteiger partial charge in [-0.1, -0.05) is 24.3 Å². The normalized spacial score (nSPS) is 17.6. The fourth-order valence-electron chi connectivity index (χ4n) is 3.00.